The van der Waals surface area contributed by atoms with Crippen LogP contribution in [0.4, 0.5) is 11.6 Å². The van der Waals surface area contributed by atoms with Gasteiger partial charge in [0, 0.05) is 12.8 Å². The highest BCUT2D eigenvalue weighted by Gasteiger charge is 2.24. The Morgan fingerprint density at radius 2 is 2.00 bits per heavy atom. The molecule has 0 unspecified atom stereocenters. The molecule has 1 heterocycles. The van der Waals surface area contributed by atoms with Crippen LogP contribution in [-0.2, 0) is 9.84 Å². The van der Waals surface area contributed by atoms with E-state index in [-0.39, 0.29) is 16.5 Å². The molecule has 1 aromatic carbocycles. The molecule has 1 aromatic heterocycles. The Bertz CT molecular complexity index is 779. The van der Waals surface area contributed by atoms with Crippen LogP contribution in [0.25, 0.3) is 5.69 Å². The molecule has 0 saturated heterocycles. The number of hydrogen-bond acceptors (Lipinski definition) is 5. The number of hydrogen-bond donors (Lipinski definition) is 2. The second kappa shape index (κ2) is 5.40. The monoisotopic (exact) mass is 308 g/mol. The highest BCUT2D eigenvalue weighted by atomic mass is 32.2. The Hall–Kier alpha value is -2.02. The first kappa shape index (κ1) is 15.4. The van der Waals surface area contributed by atoms with Crippen molar-refractivity contribution >= 4 is 21.5 Å². The summed E-state index contributed by atoms with van der Waals surface area (Å²) in [6.07, 6.45) is 1.13. The van der Waals surface area contributed by atoms with E-state index in [0.29, 0.717) is 6.54 Å². The van der Waals surface area contributed by atoms with E-state index in [1.807, 2.05) is 39.0 Å². The number of aryl methyl sites for hydroxylation is 2. The molecular formula is C14H20N4O2S. The van der Waals surface area contributed by atoms with Crippen molar-refractivity contribution < 1.29 is 8.42 Å². The first-order chi connectivity index (χ1) is 9.75. The second-order valence-corrected chi connectivity index (χ2v) is 7.02. The van der Waals surface area contributed by atoms with Gasteiger partial charge in [-0.1, -0.05) is 17.7 Å². The van der Waals surface area contributed by atoms with Gasteiger partial charge < -0.3 is 11.1 Å². The maximum atomic E-state index is 12.0. The Kier molecular flexibility index (Phi) is 3.95. The van der Waals surface area contributed by atoms with Crippen molar-refractivity contribution in [1.29, 1.82) is 0 Å². The number of nitrogens with zero attached hydrogens (tertiary/aromatic N) is 2. The van der Waals surface area contributed by atoms with Gasteiger partial charge in [-0.25, -0.2) is 13.1 Å². The molecule has 7 heteroatoms. The summed E-state index contributed by atoms with van der Waals surface area (Å²) in [5, 5.41) is 7.28. The summed E-state index contributed by atoms with van der Waals surface area (Å²) in [5.41, 5.74) is 8.91. The van der Waals surface area contributed by atoms with Crippen LogP contribution in [0.3, 0.4) is 0 Å². The summed E-state index contributed by atoms with van der Waals surface area (Å²) < 4.78 is 25.4. The fourth-order valence-electron chi connectivity index (χ4n) is 2.29. The van der Waals surface area contributed by atoms with Crippen LogP contribution in [0, 0.1) is 13.8 Å². The average Bonchev–Trinajstić information content (AvgIpc) is 2.66. The van der Waals surface area contributed by atoms with Crippen LogP contribution in [0.1, 0.15) is 18.1 Å². The number of rotatable bonds is 4. The highest BCUT2D eigenvalue weighted by molar-refractivity contribution is 7.91. The summed E-state index contributed by atoms with van der Waals surface area (Å²) in [4.78, 5) is 0.0457. The summed E-state index contributed by atoms with van der Waals surface area (Å²) in [7, 11) is -3.47. The van der Waals surface area contributed by atoms with Gasteiger partial charge in [0.05, 0.1) is 5.69 Å². The summed E-state index contributed by atoms with van der Waals surface area (Å²) in [6, 6.07) is 5.83. The first-order valence-electron chi connectivity index (χ1n) is 6.65. The van der Waals surface area contributed by atoms with E-state index in [2.05, 4.69) is 10.4 Å². The zero-order valence-electron chi connectivity index (χ0n) is 12.6. The lowest BCUT2D eigenvalue weighted by molar-refractivity contribution is 0.602. The van der Waals surface area contributed by atoms with E-state index in [9.17, 15) is 8.42 Å². The quantitative estimate of drug-likeness (QED) is 0.900. The van der Waals surface area contributed by atoms with Crippen molar-refractivity contribution in [1.82, 2.24) is 9.78 Å². The molecule has 21 heavy (non-hydrogen) atoms. The Morgan fingerprint density at radius 1 is 1.33 bits per heavy atom. The van der Waals surface area contributed by atoms with Crippen LogP contribution in [0.15, 0.2) is 23.1 Å². The summed E-state index contributed by atoms with van der Waals surface area (Å²) in [6.45, 7) is 6.37. The maximum absolute atomic E-state index is 12.0. The van der Waals surface area contributed by atoms with Gasteiger partial charge in [-0.3, -0.25) is 0 Å². The molecule has 0 saturated carbocycles. The molecule has 0 fully saturated rings. The predicted octanol–water partition coefficient (Wildman–Crippen LogP) is 1.91. The molecule has 6 nitrogen and oxygen atoms in total. The molecule has 0 radical (unpaired) electrons. The van der Waals surface area contributed by atoms with E-state index in [4.69, 9.17) is 5.73 Å². The largest absolute Gasteiger partial charge is 0.382 e. The highest BCUT2D eigenvalue weighted by Crippen LogP contribution is 2.30. The van der Waals surface area contributed by atoms with Gasteiger partial charge in [0.15, 0.2) is 20.6 Å². The summed E-state index contributed by atoms with van der Waals surface area (Å²) >= 11 is 0. The lowest BCUT2D eigenvalue weighted by Gasteiger charge is -2.08. The van der Waals surface area contributed by atoms with E-state index in [1.165, 1.54) is 4.68 Å². The van der Waals surface area contributed by atoms with Crippen molar-refractivity contribution in [2.75, 3.05) is 23.9 Å². The Labute approximate surface area is 124 Å². The Balaban J connectivity index is 2.71. The van der Waals surface area contributed by atoms with Gasteiger partial charge in [-0.2, -0.15) is 0 Å². The number of sulfone groups is 1. The molecule has 2 rings (SSSR count). The van der Waals surface area contributed by atoms with Crippen LogP contribution in [0.5, 0.6) is 0 Å². The molecular weight excluding hydrogens is 288 g/mol. The van der Waals surface area contributed by atoms with Crippen molar-refractivity contribution in [2.45, 2.75) is 25.7 Å². The van der Waals surface area contributed by atoms with Crippen LogP contribution >= 0.6 is 0 Å². The zero-order chi connectivity index (χ0) is 15.8. The standard InChI is InChI=1S/C14H20N4O2S/c1-5-16-14-12(21(4,19)20)13(15)18(17-14)11-7-6-9(2)8-10(11)3/h6-8H,5,15H2,1-4H3,(H,16,17). The van der Waals surface area contributed by atoms with Gasteiger partial charge in [-0.05, 0) is 32.4 Å². The number of aromatic nitrogens is 2. The molecule has 0 aliphatic carbocycles. The number of nitrogens with two attached hydrogens (primary N) is 1. The van der Waals surface area contributed by atoms with E-state index < -0.39 is 9.84 Å². The molecule has 3 N–H and O–H groups in total. The molecule has 0 atom stereocenters. The maximum Gasteiger partial charge on any atom is 0.182 e. The van der Waals surface area contributed by atoms with Crippen LogP contribution in [0.2, 0.25) is 0 Å². The van der Waals surface area contributed by atoms with Crippen LogP contribution < -0.4 is 11.1 Å². The van der Waals surface area contributed by atoms with Crippen molar-refractivity contribution in [2.24, 2.45) is 0 Å². The fourth-order valence-corrected chi connectivity index (χ4v) is 3.22. The Morgan fingerprint density at radius 3 is 2.52 bits per heavy atom. The molecule has 0 aliphatic rings. The zero-order valence-corrected chi connectivity index (χ0v) is 13.5. The van der Waals surface area contributed by atoms with Crippen molar-refractivity contribution in [3.8, 4) is 5.69 Å². The van der Waals surface area contributed by atoms with Gasteiger partial charge in [-0.15, -0.1) is 5.10 Å². The van der Waals surface area contributed by atoms with E-state index >= 15 is 0 Å². The predicted molar refractivity (Wildman–Crippen MR) is 84.7 cm³/mol. The minimum atomic E-state index is -3.47. The summed E-state index contributed by atoms with van der Waals surface area (Å²) in [5.74, 6) is 0.415. The molecule has 0 bridgehead atoms. The smallest absolute Gasteiger partial charge is 0.182 e. The van der Waals surface area contributed by atoms with Gasteiger partial charge in [0.2, 0.25) is 0 Å². The fraction of sp³-hybridized carbons (Fsp3) is 0.357. The average molecular weight is 308 g/mol. The topological polar surface area (TPSA) is 90.0 Å². The molecule has 2 aromatic rings. The number of benzene rings is 1. The van der Waals surface area contributed by atoms with Crippen LogP contribution in [-0.4, -0.2) is 31.0 Å². The molecule has 0 spiro atoms. The second-order valence-electron chi connectivity index (χ2n) is 5.07. The lowest BCUT2D eigenvalue weighted by Crippen LogP contribution is -2.07. The van der Waals surface area contributed by atoms with Gasteiger partial charge in [0.1, 0.15) is 5.82 Å². The number of anilines is 2. The lowest BCUT2D eigenvalue weighted by atomic mass is 10.1. The first-order valence-corrected chi connectivity index (χ1v) is 8.55. The minimum Gasteiger partial charge on any atom is -0.382 e. The molecule has 0 amide bonds. The number of nitrogens with one attached hydrogen (secondary N) is 1. The van der Waals surface area contributed by atoms with Gasteiger partial charge in [0.25, 0.3) is 0 Å². The normalized spacial score (nSPS) is 11.6. The van der Waals surface area contributed by atoms with Crippen molar-refractivity contribution in [3.63, 3.8) is 0 Å². The van der Waals surface area contributed by atoms with E-state index in [1.54, 1.807) is 0 Å². The minimum absolute atomic E-state index is 0.0457. The van der Waals surface area contributed by atoms with Crippen molar-refractivity contribution in [3.05, 3.63) is 29.3 Å². The third-order valence-electron chi connectivity index (χ3n) is 3.17. The third-order valence-corrected chi connectivity index (χ3v) is 4.32. The SMILES string of the molecule is CCNc1nn(-c2ccc(C)cc2C)c(N)c1S(C)(=O)=O. The molecule has 114 valence electrons. The van der Waals surface area contributed by atoms with Gasteiger partial charge >= 0.3 is 0 Å². The molecule has 0 aliphatic heterocycles. The number of nitrogen functional groups attached to an aromatic ring is 1. The van der Waals surface area contributed by atoms with E-state index in [0.717, 1.165) is 23.1 Å². The third kappa shape index (κ3) is 2.87.